The van der Waals surface area contributed by atoms with Crippen LogP contribution in [0.15, 0.2) is 170 Å². The minimum atomic E-state index is 0. The SMILES string of the molecule is [CH3-].[CH3-].[Si]=[Zr].c1ccc(-n2c3ccccc3c3[cH-]c4ccccc4c32)cc1.c1ccc(-n2c3ccccc3c3[cH-]c4ccccc4c32)cc1. The molecule has 10 aromatic rings. The van der Waals surface area contributed by atoms with E-state index in [1.165, 1.54) is 99.9 Å². The number of benzene rings is 6. The second-order valence-electron chi connectivity index (χ2n) is 11.4. The van der Waals surface area contributed by atoms with Crippen molar-refractivity contribution in [2.45, 2.75) is 0 Å². The van der Waals surface area contributed by atoms with E-state index in [-0.39, 0.29) is 14.9 Å². The van der Waals surface area contributed by atoms with E-state index in [9.17, 15) is 0 Å². The van der Waals surface area contributed by atoms with Gasteiger partial charge in [0.2, 0.25) is 0 Å². The smallest absolute Gasteiger partial charge is 0.0378 e. The van der Waals surface area contributed by atoms with Gasteiger partial charge < -0.3 is 24.0 Å². The van der Waals surface area contributed by atoms with Crippen LogP contribution in [0.3, 0.4) is 0 Å². The van der Waals surface area contributed by atoms with Crippen molar-refractivity contribution in [3.8, 4) is 11.4 Å². The Bertz CT molecular complexity index is 2420. The first-order valence-electron chi connectivity index (χ1n) is 15.4. The summed E-state index contributed by atoms with van der Waals surface area (Å²) >= 11 is 1.36. The molecule has 0 aliphatic carbocycles. The van der Waals surface area contributed by atoms with Crippen molar-refractivity contribution in [2.75, 3.05) is 0 Å². The summed E-state index contributed by atoms with van der Waals surface area (Å²) in [6.07, 6.45) is 0. The van der Waals surface area contributed by atoms with E-state index < -0.39 is 0 Å². The van der Waals surface area contributed by atoms with Crippen LogP contribution < -0.4 is 0 Å². The van der Waals surface area contributed by atoms with Crippen LogP contribution in [0.4, 0.5) is 0 Å². The standard InChI is InChI=1S/2C21H14N.2CH3.Si.Zr/c2*1-2-9-16(10-3-1)22-20-13-7-6-12-18(20)19-14-15-8-4-5-11-17(15)21(19)22;;;;/h2*1-14H;2*1H3;;/q4*-1;;. The van der Waals surface area contributed by atoms with Gasteiger partial charge in [0, 0.05) is 22.4 Å². The Kier molecular flexibility index (Phi) is 9.78. The van der Waals surface area contributed by atoms with Crippen LogP contribution in [0.1, 0.15) is 0 Å². The fraction of sp³-hybridized carbons (Fsp3) is 0. The van der Waals surface area contributed by atoms with Gasteiger partial charge in [-0.2, -0.15) is 0 Å². The van der Waals surface area contributed by atoms with E-state index in [4.69, 9.17) is 0 Å². The van der Waals surface area contributed by atoms with E-state index in [1.807, 2.05) is 0 Å². The topological polar surface area (TPSA) is 9.86 Å². The largest absolute Gasteiger partial charge is 0.355 e. The molecule has 0 atom stereocenters. The molecule has 48 heavy (non-hydrogen) atoms. The minimum absolute atomic E-state index is 0. The van der Waals surface area contributed by atoms with Crippen molar-refractivity contribution in [1.82, 2.24) is 9.13 Å². The van der Waals surface area contributed by atoms with E-state index in [2.05, 4.69) is 186 Å². The van der Waals surface area contributed by atoms with Crippen LogP contribution in [0.2, 0.25) is 0 Å². The Morgan fingerprint density at radius 3 is 1.08 bits per heavy atom. The zero-order valence-corrected chi connectivity index (χ0v) is 30.5. The van der Waals surface area contributed by atoms with Gasteiger partial charge in [0.05, 0.1) is 0 Å². The van der Waals surface area contributed by atoms with Crippen molar-refractivity contribution < 1.29 is 23.3 Å². The molecule has 0 fully saturated rings. The molecule has 0 saturated carbocycles. The molecule has 0 N–H and O–H groups in total. The molecule has 2 heterocycles. The van der Waals surface area contributed by atoms with E-state index >= 15 is 0 Å². The van der Waals surface area contributed by atoms with Crippen LogP contribution in [-0.2, 0) is 23.3 Å². The number of hydrogen-bond acceptors (Lipinski definition) is 0. The average Bonchev–Trinajstić information content (AvgIpc) is 3.87. The monoisotopic (exact) mass is 708 g/mol. The number of fused-ring (bicyclic) bond motifs is 10. The molecule has 10 rings (SSSR count). The van der Waals surface area contributed by atoms with Crippen LogP contribution >= 0.6 is 0 Å². The summed E-state index contributed by atoms with van der Waals surface area (Å²) in [4.78, 5) is 0. The molecule has 8 aromatic carbocycles. The Balaban J connectivity index is 0.000000153. The summed E-state index contributed by atoms with van der Waals surface area (Å²) < 4.78 is 4.76. The number of rotatable bonds is 2. The molecule has 0 unspecified atom stereocenters. The summed E-state index contributed by atoms with van der Waals surface area (Å²) in [6, 6.07) is 60.4. The van der Waals surface area contributed by atoms with E-state index in [0.29, 0.717) is 0 Å². The molecular weight excluding hydrogens is 676 g/mol. The number of hydrogen-bond donors (Lipinski definition) is 0. The van der Waals surface area contributed by atoms with Crippen molar-refractivity contribution in [3.05, 3.63) is 185 Å². The third kappa shape index (κ3) is 5.40. The molecule has 0 amide bonds. The molecule has 0 saturated heterocycles. The molecule has 0 aliphatic rings. The number of nitrogens with zero attached hydrogens (tertiary/aromatic N) is 2. The van der Waals surface area contributed by atoms with E-state index in [1.54, 1.807) is 0 Å². The normalized spacial score (nSPS) is 10.7. The first-order chi connectivity index (χ1) is 22.9. The van der Waals surface area contributed by atoms with Crippen molar-refractivity contribution in [1.29, 1.82) is 0 Å². The van der Waals surface area contributed by atoms with Gasteiger partial charge in [-0.25, -0.2) is 0 Å². The molecule has 2 aromatic heterocycles. The Hall–Kier alpha value is -4.76. The summed E-state index contributed by atoms with van der Waals surface area (Å²) in [5.74, 6) is 0. The maximum atomic E-state index is 3.06. The van der Waals surface area contributed by atoms with Crippen molar-refractivity contribution in [2.24, 2.45) is 0 Å². The number of para-hydroxylation sites is 4. The summed E-state index contributed by atoms with van der Waals surface area (Å²) in [5, 5.41) is 10.6. The maximum absolute atomic E-state index is 3.06. The van der Waals surface area contributed by atoms with Crippen molar-refractivity contribution in [3.63, 3.8) is 0 Å². The average molecular weight is 710 g/mol. The van der Waals surface area contributed by atoms with Crippen LogP contribution in [0, 0.1) is 14.9 Å². The zero-order chi connectivity index (χ0) is 31.0. The van der Waals surface area contributed by atoms with Gasteiger partial charge in [-0.3, -0.25) is 0 Å². The Labute approximate surface area is 298 Å². The predicted octanol–water partition coefficient (Wildman–Crippen LogP) is 11.8. The fourth-order valence-corrected chi connectivity index (χ4v) is 7.03. The van der Waals surface area contributed by atoms with Crippen LogP contribution in [0.25, 0.3) is 76.5 Å². The first kappa shape index (κ1) is 33.2. The van der Waals surface area contributed by atoms with Gasteiger partial charge in [0.1, 0.15) is 0 Å². The van der Waals surface area contributed by atoms with Gasteiger partial charge in [-0.05, 0) is 47.4 Å². The molecule has 2 radical (unpaired) electrons. The zero-order valence-electron chi connectivity index (χ0n) is 27.1. The number of aromatic nitrogens is 2. The second-order valence-corrected chi connectivity index (χ2v) is 11.4. The molecule has 4 heteroatoms. The minimum Gasteiger partial charge on any atom is -0.355 e. The summed E-state index contributed by atoms with van der Waals surface area (Å²) in [6.45, 7) is 3.06. The Morgan fingerprint density at radius 2 is 0.688 bits per heavy atom. The molecule has 0 spiro atoms. The quantitative estimate of drug-likeness (QED) is 0.125. The van der Waals surface area contributed by atoms with Crippen molar-refractivity contribution >= 4 is 72.0 Å². The van der Waals surface area contributed by atoms with Gasteiger partial charge in [0.25, 0.3) is 0 Å². The maximum Gasteiger partial charge on any atom is 0.0378 e. The first-order valence-corrected chi connectivity index (χ1v) is 19.6. The molecular formula is C44H34N2SiZr-4. The van der Waals surface area contributed by atoms with Gasteiger partial charge in [0.15, 0.2) is 0 Å². The van der Waals surface area contributed by atoms with Gasteiger partial charge in [-0.15, -0.1) is 35.0 Å². The van der Waals surface area contributed by atoms with Gasteiger partial charge >= 0.3 is 30.2 Å². The molecule has 0 aliphatic heterocycles. The van der Waals surface area contributed by atoms with Crippen LogP contribution in [0.5, 0.6) is 0 Å². The van der Waals surface area contributed by atoms with Crippen LogP contribution in [-0.4, -0.2) is 16.0 Å². The molecule has 2 nitrogen and oxygen atoms in total. The fourth-order valence-electron chi connectivity index (χ4n) is 7.03. The third-order valence-corrected chi connectivity index (χ3v) is 8.89. The van der Waals surface area contributed by atoms with Gasteiger partial charge in [-0.1, -0.05) is 142 Å². The summed E-state index contributed by atoms with van der Waals surface area (Å²) in [7, 11) is 0. The molecule has 0 bridgehead atoms. The molecule has 232 valence electrons. The summed E-state index contributed by atoms with van der Waals surface area (Å²) in [5.41, 5.74) is 7.58. The Morgan fingerprint density at radius 1 is 0.375 bits per heavy atom. The van der Waals surface area contributed by atoms with E-state index in [0.717, 1.165) is 0 Å². The third-order valence-electron chi connectivity index (χ3n) is 8.89. The second kappa shape index (κ2) is 14.2. The predicted molar refractivity (Wildman–Crippen MR) is 206 cm³/mol.